The Bertz CT molecular complexity index is 794. The van der Waals surface area contributed by atoms with Gasteiger partial charge in [0.2, 0.25) is 0 Å². The van der Waals surface area contributed by atoms with E-state index in [1.165, 1.54) is 0 Å². The van der Waals surface area contributed by atoms with Crippen LogP contribution in [0.25, 0.3) is 0 Å². The lowest BCUT2D eigenvalue weighted by Gasteiger charge is -2.28. The highest BCUT2D eigenvalue weighted by Crippen LogP contribution is 2.26. The van der Waals surface area contributed by atoms with Crippen molar-refractivity contribution in [1.29, 1.82) is 0 Å². The summed E-state index contributed by atoms with van der Waals surface area (Å²) in [5, 5.41) is 7.51. The quantitative estimate of drug-likeness (QED) is 0.883. The Labute approximate surface area is 158 Å². The zero-order chi connectivity index (χ0) is 18.6. The van der Waals surface area contributed by atoms with E-state index in [-0.39, 0.29) is 5.91 Å². The van der Waals surface area contributed by atoms with Crippen molar-refractivity contribution in [2.75, 3.05) is 49.7 Å². The maximum atomic E-state index is 12.7. The van der Waals surface area contributed by atoms with Crippen LogP contribution in [0.2, 0.25) is 0 Å². The van der Waals surface area contributed by atoms with Gasteiger partial charge in [-0.1, -0.05) is 0 Å². The Kier molecular flexibility index (Phi) is 5.35. The molecule has 0 saturated carbocycles. The molecule has 4 heterocycles. The molecule has 0 spiro atoms. The average molecular weight is 371 g/mol. The number of ether oxygens (including phenoxy) is 2. The number of morpholine rings is 1. The summed E-state index contributed by atoms with van der Waals surface area (Å²) in [5.74, 6) is 0.784. The number of nitrogens with one attached hydrogen (secondary N) is 1. The van der Waals surface area contributed by atoms with Gasteiger partial charge in [0.15, 0.2) is 0 Å². The van der Waals surface area contributed by atoms with E-state index in [0.29, 0.717) is 37.1 Å². The van der Waals surface area contributed by atoms with Crippen molar-refractivity contribution in [1.82, 2.24) is 14.8 Å². The predicted octanol–water partition coefficient (Wildman–Crippen LogP) is 1.80. The van der Waals surface area contributed by atoms with Gasteiger partial charge in [0, 0.05) is 44.9 Å². The zero-order valence-corrected chi connectivity index (χ0v) is 15.6. The summed E-state index contributed by atoms with van der Waals surface area (Å²) in [7, 11) is 1.84. The maximum Gasteiger partial charge on any atom is 0.258 e. The van der Waals surface area contributed by atoms with E-state index in [0.717, 1.165) is 43.9 Å². The average Bonchev–Trinajstić information content (AvgIpc) is 3.10. The molecule has 8 nitrogen and oxygen atoms in total. The number of aromatic nitrogens is 3. The van der Waals surface area contributed by atoms with E-state index in [1.807, 2.05) is 19.2 Å². The first-order valence-electron chi connectivity index (χ1n) is 9.41. The fourth-order valence-corrected chi connectivity index (χ4v) is 3.51. The minimum Gasteiger partial charge on any atom is -0.381 e. The number of carbonyl (C=O) groups is 1. The number of hydrogen-bond donors (Lipinski definition) is 1. The third-order valence-electron chi connectivity index (χ3n) is 5.08. The van der Waals surface area contributed by atoms with Crippen molar-refractivity contribution in [3.8, 4) is 0 Å². The molecule has 27 heavy (non-hydrogen) atoms. The van der Waals surface area contributed by atoms with E-state index < -0.39 is 0 Å². The van der Waals surface area contributed by atoms with Crippen molar-refractivity contribution in [3.63, 3.8) is 0 Å². The smallest absolute Gasteiger partial charge is 0.258 e. The summed E-state index contributed by atoms with van der Waals surface area (Å²) in [6.45, 7) is 4.51. The number of pyridine rings is 1. The summed E-state index contributed by atoms with van der Waals surface area (Å²) in [5.41, 5.74) is 2.44. The van der Waals surface area contributed by atoms with Crippen LogP contribution in [0.4, 0.5) is 11.5 Å². The van der Waals surface area contributed by atoms with Crippen LogP contribution in [0.1, 0.15) is 34.8 Å². The first-order valence-corrected chi connectivity index (χ1v) is 9.41. The number of aryl methyl sites for hydroxylation is 1. The topological polar surface area (TPSA) is 81.5 Å². The minimum absolute atomic E-state index is 0.188. The summed E-state index contributed by atoms with van der Waals surface area (Å²) in [6.07, 6.45) is 5.48. The Morgan fingerprint density at radius 1 is 1.19 bits per heavy atom. The van der Waals surface area contributed by atoms with Crippen molar-refractivity contribution in [2.24, 2.45) is 7.05 Å². The van der Waals surface area contributed by atoms with Gasteiger partial charge in [-0.15, -0.1) is 0 Å². The molecule has 2 aliphatic rings. The van der Waals surface area contributed by atoms with Gasteiger partial charge in [-0.25, -0.2) is 0 Å². The molecule has 0 bridgehead atoms. The largest absolute Gasteiger partial charge is 0.381 e. The van der Waals surface area contributed by atoms with Crippen molar-refractivity contribution in [3.05, 3.63) is 35.8 Å². The highest BCUT2D eigenvalue weighted by molar-refractivity contribution is 6.04. The van der Waals surface area contributed by atoms with Gasteiger partial charge in [0.05, 0.1) is 43.0 Å². The van der Waals surface area contributed by atoms with Crippen LogP contribution in [0.5, 0.6) is 0 Å². The van der Waals surface area contributed by atoms with Crippen LogP contribution < -0.4 is 10.2 Å². The number of rotatable bonds is 4. The van der Waals surface area contributed by atoms with E-state index in [2.05, 4.69) is 20.3 Å². The van der Waals surface area contributed by atoms with Crippen molar-refractivity contribution in [2.45, 2.75) is 18.8 Å². The molecule has 1 amide bonds. The highest BCUT2D eigenvalue weighted by Gasteiger charge is 2.21. The molecule has 2 aromatic rings. The van der Waals surface area contributed by atoms with Crippen LogP contribution in [-0.4, -0.2) is 60.2 Å². The zero-order valence-electron chi connectivity index (χ0n) is 15.6. The lowest BCUT2D eigenvalue weighted by molar-refractivity contribution is 0.0791. The predicted molar refractivity (Wildman–Crippen MR) is 101 cm³/mol. The Morgan fingerprint density at radius 3 is 2.81 bits per heavy atom. The minimum atomic E-state index is -0.188. The molecule has 0 radical (unpaired) electrons. The molecule has 1 unspecified atom stereocenters. The summed E-state index contributed by atoms with van der Waals surface area (Å²) < 4.78 is 12.6. The normalized spacial score (nSPS) is 20.5. The lowest BCUT2D eigenvalue weighted by atomic mass is 9.99. The molecule has 144 valence electrons. The molecule has 0 aliphatic carbocycles. The highest BCUT2D eigenvalue weighted by atomic mass is 16.5. The number of amides is 1. The maximum absolute atomic E-state index is 12.7. The Hall–Kier alpha value is -2.45. The number of nitrogens with zero attached hydrogens (tertiary/aromatic N) is 4. The van der Waals surface area contributed by atoms with Gasteiger partial charge in [-0.05, 0) is 18.9 Å². The fraction of sp³-hybridized carbons (Fsp3) is 0.526. The molecule has 2 aromatic heterocycles. The molecule has 8 heteroatoms. The van der Waals surface area contributed by atoms with Crippen LogP contribution >= 0.6 is 0 Å². The second-order valence-electron chi connectivity index (χ2n) is 6.98. The third kappa shape index (κ3) is 4.12. The van der Waals surface area contributed by atoms with Gasteiger partial charge in [-0.2, -0.15) is 5.10 Å². The second kappa shape index (κ2) is 8.06. The fourth-order valence-electron chi connectivity index (χ4n) is 3.51. The second-order valence-corrected chi connectivity index (χ2v) is 6.98. The number of anilines is 2. The van der Waals surface area contributed by atoms with Gasteiger partial charge in [0.25, 0.3) is 5.91 Å². The first kappa shape index (κ1) is 17.9. The van der Waals surface area contributed by atoms with Crippen LogP contribution in [0.3, 0.4) is 0 Å². The van der Waals surface area contributed by atoms with E-state index >= 15 is 0 Å². The van der Waals surface area contributed by atoms with Gasteiger partial charge < -0.3 is 19.7 Å². The Balaban J connectivity index is 1.46. The molecule has 2 aliphatic heterocycles. The van der Waals surface area contributed by atoms with Crippen molar-refractivity contribution >= 4 is 17.4 Å². The van der Waals surface area contributed by atoms with Crippen molar-refractivity contribution < 1.29 is 14.3 Å². The molecular weight excluding hydrogens is 346 g/mol. The monoisotopic (exact) mass is 371 g/mol. The standard InChI is InChI=1S/C19H25N5O3/c1-23-18(10-17(22-23)14-3-2-6-27-13-14)21-19(25)15-9-16(12-20-11-15)24-4-7-26-8-5-24/h9-12,14H,2-8,13H2,1H3,(H,21,25). The summed E-state index contributed by atoms with van der Waals surface area (Å²) >= 11 is 0. The molecule has 2 fully saturated rings. The SMILES string of the molecule is Cn1nc(C2CCCOC2)cc1NC(=O)c1cncc(N2CCOCC2)c1. The molecule has 2 saturated heterocycles. The molecule has 1 N–H and O–H groups in total. The molecular formula is C19H25N5O3. The van der Waals surface area contributed by atoms with Crippen LogP contribution in [0.15, 0.2) is 24.5 Å². The van der Waals surface area contributed by atoms with E-state index in [9.17, 15) is 4.79 Å². The Morgan fingerprint density at radius 2 is 2.04 bits per heavy atom. The van der Waals surface area contributed by atoms with Gasteiger partial charge >= 0.3 is 0 Å². The first-order chi connectivity index (χ1) is 13.2. The van der Waals surface area contributed by atoms with E-state index in [4.69, 9.17) is 9.47 Å². The lowest BCUT2D eigenvalue weighted by Crippen LogP contribution is -2.36. The third-order valence-corrected chi connectivity index (χ3v) is 5.08. The summed E-state index contributed by atoms with van der Waals surface area (Å²) in [6, 6.07) is 3.82. The van der Waals surface area contributed by atoms with E-state index in [1.54, 1.807) is 17.1 Å². The number of hydrogen-bond acceptors (Lipinski definition) is 6. The van der Waals surface area contributed by atoms with Gasteiger partial charge in [-0.3, -0.25) is 14.5 Å². The molecule has 1 atom stereocenters. The summed E-state index contributed by atoms with van der Waals surface area (Å²) in [4.78, 5) is 19.1. The number of carbonyl (C=O) groups excluding carboxylic acids is 1. The van der Waals surface area contributed by atoms with Crippen LogP contribution in [0, 0.1) is 0 Å². The molecule has 4 rings (SSSR count). The van der Waals surface area contributed by atoms with Gasteiger partial charge in [0.1, 0.15) is 5.82 Å². The molecule has 0 aromatic carbocycles. The van der Waals surface area contributed by atoms with Crippen LogP contribution in [-0.2, 0) is 16.5 Å².